The Balaban J connectivity index is 2.20. The smallest absolute Gasteiger partial charge is 0.157 e. The van der Waals surface area contributed by atoms with Crippen molar-refractivity contribution in [3.8, 4) is 6.07 Å². The van der Waals surface area contributed by atoms with Gasteiger partial charge in [0, 0.05) is 11.9 Å². The standard InChI is InChI=1S/C10H9ClN4S2/c1-15(5-6-2-3-8(11)16-6)10-7(4-12)9(13)14-17-10/h2-3H,5H2,1H3,(H2,13,14). The second kappa shape index (κ2) is 4.92. The lowest BCUT2D eigenvalue weighted by Gasteiger charge is -2.15. The number of nitrogen functional groups attached to an aromatic ring is 1. The molecule has 2 rings (SSSR count). The molecule has 0 aliphatic rings. The van der Waals surface area contributed by atoms with Gasteiger partial charge in [-0.15, -0.1) is 11.3 Å². The first kappa shape index (κ1) is 12.2. The summed E-state index contributed by atoms with van der Waals surface area (Å²) in [6.45, 7) is 0.688. The van der Waals surface area contributed by atoms with Crippen LogP contribution in [0.2, 0.25) is 4.34 Å². The molecule has 0 aliphatic carbocycles. The molecule has 2 N–H and O–H groups in total. The Labute approximate surface area is 112 Å². The fourth-order valence-corrected chi connectivity index (χ4v) is 3.26. The number of hydrogen-bond donors (Lipinski definition) is 1. The highest BCUT2D eigenvalue weighted by Crippen LogP contribution is 2.31. The van der Waals surface area contributed by atoms with E-state index in [1.807, 2.05) is 24.1 Å². The molecule has 88 valence electrons. The molecular formula is C10H9ClN4S2. The molecule has 4 nitrogen and oxygen atoms in total. The van der Waals surface area contributed by atoms with Crippen LogP contribution in [0.3, 0.4) is 0 Å². The molecule has 2 aromatic rings. The van der Waals surface area contributed by atoms with Crippen molar-refractivity contribution in [2.75, 3.05) is 17.7 Å². The maximum atomic E-state index is 9.00. The van der Waals surface area contributed by atoms with Crippen molar-refractivity contribution in [3.63, 3.8) is 0 Å². The predicted molar refractivity (Wildman–Crippen MR) is 72.7 cm³/mol. The van der Waals surface area contributed by atoms with E-state index in [1.165, 1.54) is 22.9 Å². The number of nitrogens with two attached hydrogens (primary N) is 1. The third-order valence-electron chi connectivity index (χ3n) is 2.18. The SMILES string of the molecule is CN(Cc1ccc(Cl)s1)c1snc(N)c1C#N. The van der Waals surface area contributed by atoms with E-state index >= 15 is 0 Å². The zero-order valence-corrected chi connectivity index (χ0v) is 11.4. The molecule has 0 atom stereocenters. The van der Waals surface area contributed by atoms with Crippen LogP contribution in [0.15, 0.2) is 12.1 Å². The first-order chi connectivity index (χ1) is 8.11. The quantitative estimate of drug-likeness (QED) is 0.941. The van der Waals surface area contributed by atoms with Gasteiger partial charge in [-0.1, -0.05) is 11.6 Å². The van der Waals surface area contributed by atoms with Crippen LogP contribution in [0.4, 0.5) is 10.8 Å². The normalized spacial score (nSPS) is 10.2. The van der Waals surface area contributed by atoms with E-state index in [-0.39, 0.29) is 0 Å². The van der Waals surface area contributed by atoms with Gasteiger partial charge < -0.3 is 10.6 Å². The van der Waals surface area contributed by atoms with Crippen LogP contribution in [0.5, 0.6) is 0 Å². The van der Waals surface area contributed by atoms with Gasteiger partial charge in [0.2, 0.25) is 0 Å². The number of thiophene rings is 1. The van der Waals surface area contributed by atoms with Crippen LogP contribution in [0, 0.1) is 11.3 Å². The van der Waals surface area contributed by atoms with Gasteiger partial charge in [0.05, 0.1) is 10.9 Å². The maximum Gasteiger partial charge on any atom is 0.157 e. The maximum absolute atomic E-state index is 9.00. The number of hydrogen-bond acceptors (Lipinski definition) is 6. The van der Waals surface area contributed by atoms with Crippen molar-refractivity contribution < 1.29 is 0 Å². The van der Waals surface area contributed by atoms with Gasteiger partial charge in [-0.25, -0.2) is 0 Å². The molecule has 0 saturated heterocycles. The number of aromatic nitrogens is 1. The Kier molecular flexibility index (Phi) is 3.52. The summed E-state index contributed by atoms with van der Waals surface area (Å²) in [6, 6.07) is 5.91. The highest BCUT2D eigenvalue weighted by molar-refractivity contribution is 7.16. The van der Waals surface area contributed by atoms with E-state index in [4.69, 9.17) is 22.6 Å². The molecule has 0 aliphatic heterocycles. The summed E-state index contributed by atoms with van der Waals surface area (Å²) in [6.07, 6.45) is 0. The molecule has 0 fully saturated rings. The lowest BCUT2D eigenvalue weighted by Crippen LogP contribution is -2.15. The van der Waals surface area contributed by atoms with Gasteiger partial charge >= 0.3 is 0 Å². The van der Waals surface area contributed by atoms with Crippen molar-refractivity contribution in [1.82, 2.24) is 4.37 Å². The summed E-state index contributed by atoms with van der Waals surface area (Å²) in [5, 5.41) is 9.79. The number of nitrogens with zero attached hydrogens (tertiary/aromatic N) is 3. The lowest BCUT2D eigenvalue weighted by atomic mass is 10.3. The van der Waals surface area contributed by atoms with Crippen molar-refractivity contribution >= 4 is 45.3 Å². The molecular weight excluding hydrogens is 276 g/mol. The molecule has 0 saturated carbocycles. The van der Waals surface area contributed by atoms with Gasteiger partial charge in [-0.05, 0) is 23.7 Å². The average molecular weight is 285 g/mol. The molecule has 7 heteroatoms. The molecule has 0 aromatic carbocycles. The zero-order valence-electron chi connectivity index (χ0n) is 8.98. The van der Waals surface area contributed by atoms with Crippen LogP contribution in [-0.2, 0) is 6.54 Å². The highest BCUT2D eigenvalue weighted by atomic mass is 35.5. The third-order valence-corrected chi connectivity index (χ3v) is 4.37. The third kappa shape index (κ3) is 2.52. The van der Waals surface area contributed by atoms with Gasteiger partial charge in [-0.2, -0.15) is 9.64 Å². The minimum atomic E-state index is 0.295. The molecule has 0 spiro atoms. The predicted octanol–water partition coefficient (Wildman–Crippen LogP) is 2.95. The second-order valence-electron chi connectivity index (χ2n) is 3.42. The topological polar surface area (TPSA) is 65.9 Å². The van der Waals surface area contributed by atoms with E-state index in [9.17, 15) is 0 Å². The number of halogens is 1. The minimum absolute atomic E-state index is 0.295. The Morgan fingerprint density at radius 1 is 1.59 bits per heavy atom. The van der Waals surface area contributed by atoms with Crippen molar-refractivity contribution in [3.05, 3.63) is 26.9 Å². The zero-order chi connectivity index (χ0) is 12.4. The Bertz CT molecular complexity index is 569. The molecule has 2 aromatic heterocycles. The summed E-state index contributed by atoms with van der Waals surface area (Å²) in [5.74, 6) is 0.295. The van der Waals surface area contributed by atoms with Gasteiger partial charge in [0.1, 0.15) is 16.6 Å². The monoisotopic (exact) mass is 284 g/mol. The number of anilines is 2. The lowest BCUT2D eigenvalue weighted by molar-refractivity contribution is 0.951. The Morgan fingerprint density at radius 2 is 2.35 bits per heavy atom. The molecule has 0 radical (unpaired) electrons. The second-order valence-corrected chi connectivity index (χ2v) is 5.97. The minimum Gasteiger partial charge on any atom is -0.382 e. The van der Waals surface area contributed by atoms with Crippen molar-refractivity contribution in [2.24, 2.45) is 0 Å². The fourth-order valence-electron chi connectivity index (χ4n) is 1.40. The van der Waals surface area contributed by atoms with Gasteiger partial charge in [0.25, 0.3) is 0 Å². The van der Waals surface area contributed by atoms with E-state index in [0.717, 1.165) is 14.2 Å². The van der Waals surface area contributed by atoms with Crippen molar-refractivity contribution in [2.45, 2.75) is 6.54 Å². The van der Waals surface area contributed by atoms with Gasteiger partial charge in [-0.3, -0.25) is 0 Å². The first-order valence-corrected chi connectivity index (χ1v) is 6.69. The first-order valence-electron chi connectivity index (χ1n) is 4.72. The summed E-state index contributed by atoms with van der Waals surface area (Å²) in [4.78, 5) is 3.09. The van der Waals surface area contributed by atoms with Crippen molar-refractivity contribution in [1.29, 1.82) is 5.26 Å². The number of nitriles is 1. The number of rotatable bonds is 3. The summed E-state index contributed by atoms with van der Waals surface area (Å²) >= 11 is 8.63. The van der Waals surface area contributed by atoms with E-state index < -0.39 is 0 Å². The van der Waals surface area contributed by atoms with Crippen LogP contribution >= 0.6 is 34.5 Å². The van der Waals surface area contributed by atoms with Gasteiger partial charge in [0.15, 0.2) is 5.82 Å². The fraction of sp³-hybridized carbons (Fsp3) is 0.200. The summed E-state index contributed by atoms with van der Waals surface area (Å²) < 4.78 is 4.75. The molecule has 0 unspecified atom stereocenters. The van der Waals surface area contributed by atoms with Crippen LogP contribution in [0.1, 0.15) is 10.4 Å². The van der Waals surface area contributed by atoms with Crippen LogP contribution in [0.25, 0.3) is 0 Å². The van der Waals surface area contributed by atoms with E-state index in [1.54, 1.807) is 0 Å². The Morgan fingerprint density at radius 3 is 2.94 bits per heavy atom. The molecule has 17 heavy (non-hydrogen) atoms. The molecule has 0 bridgehead atoms. The average Bonchev–Trinajstić information content (AvgIpc) is 2.84. The van der Waals surface area contributed by atoms with Crippen LogP contribution < -0.4 is 10.6 Å². The summed E-state index contributed by atoms with van der Waals surface area (Å²) in [5.41, 5.74) is 6.06. The summed E-state index contributed by atoms with van der Waals surface area (Å²) in [7, 11) is 1.90. The molecule has 0 amide bonds. The van der Waals surface area contributed by atoms with E-state index in [2.05, 4.69) is 10.4 Å². The largest absolute Gasteiger partial charge is 0.382 e. The van der Waals surface area contributed by atoms with E-state index in [0.29, 0.717) is 17.9 Å². The Hall–Kier alpha value is -1.29. The molecule has 2 heterocycles. The van der Waals surface area contributed by atoms with Crippen LogP contribution in [-0.4, -0.2) is 11.4 Å². The highest BCUT2D eigenvalue weighted by Gasteiger charge is 2.15.